The molecule has 0 unspecified atom stereocenters. The number of fused-ring (bicyclic) bond motifs is 1. The smallest absolute Gasteiger partial charge is 0.234 e. The molecule has 4 nitrogen and oxygen atoms in total. The SMILES string of the molecule is CC(C)(C#N)Nc1ccc2c(c1)NC(=O)CS2. The lowest BCUT2D eigenvalue weighted by Crippen LogP contribution is -2.28. The minimum absolute atomic E-state index is 0.0131. The molecule has 1 heterocycles. The summed E-state index contributed by atoms with van der Waals surface area (Å²) < 4.78 is 0. The molecule has 88 valence electrons. The second-order valence-electron chi connectivity index (χ2n) is 4.41. The highest BCUT2D eigenvalue weighted by molar-refractivity contribution is 8.00. The number of hydrogen-bond donors (Lipinski definition) is 2. The Labute approximate surface area is 104 Å². The largest absolute Gasteiger partial charge is 0.368 e. The molecule has 1 amide bonds. The van der Waals surface area contributed by atoms with Crippen LogP contribution in [0.4, 0.5) is 11.4 Å². The van der Waals surface area contributed by atoms with E-state index in [2.05, 4.69) is 16.7 Å². The van der Waals surface area contributed by atoms with Gasteiger partial charge in [-0.1, -0.05) is 0 Å². The van der Waals surface area contributed by atoms with Crippen molar-refractivity contribution in [3.63, 3.8) is 0 Å². The van der Waals surface area contributed by atoms with E-state index in [1.54, 1.807) is 13.8 Å². The van der Waals surface area contributed by atoms with Crippen molar-refractivity contribution < 1.29 is 4.79 Å². The second kappa shape index (κ2) is 4.30. The van der Waals surface area contributed by atoms with Crippen molar-refractivity contribution in [3.8, 4) is 6.07 Å². The number of carbonyl (C=O) groups is 1. The van der Waals surface area contributed by atoms with Gasteiger partial charge in [-0.15, -0.1) is 11.8 Å². The Morgan fingerprint density at radius 1 is 1.53 bits per heavy atom. The Morgan fingerprint density at radius 3 is 3.00 bits per heavy atom. The molecule has 5 heteroatoms. The number of rotatable bonds is 2. The normalized spacial score (nSPS) is 14.5. The highest BCUT2D eigenvalue weighted by atomic mass is 32.2. The van der Waals surface area contributed by atoms with E-state index < -0.39 is 5.54 Å². The fraction of sp³-hybridized carbons (Fsp3) is 0.333. The Bertz CT molecular complexity index is 505. The molecular formula is C12H13N3OS. The minimum atomic E-state index is -0.625. The van der Waals surface area contributed by atoms with E-state index in [9.17, 15) is 4.79 Å². The lowest BCUT2D eigenvalue weighted by atomic mass is 10.1. The van der Waals surface area contributed by atoms with Gasteiger partial charge in [-0.25, -0.2) is 0 Å². The Kier molecular flexibility index (Phi) is 2.99. The van der Waals surface area contributed by atoms with Crippen LogP contribution in [-0.4, -0.2) is 17.2 Å². The minimum Gasteiger partial charge on any atom is -0.368 e. The number of anilines is 2. The van der Waals surface area contributed by atoms with E-state index >= 15 is 0 Å². The van der Waals surface area contributed by atoms with Crippen LogP contribution < -0.4 is 10.6 Å². The van der Waals surface area contributed by atoms with Gasteiger partial charge >= 0.3 is 0 Å². The van der Waals surface area contributed by atoms with E-state index in [1.165, 1.54) is 11.8 Å². The Balaban J connectivity index is 2.25. The number of hydrogen-bond acceptors (Lipinski definition) is 4. The molecule has 17 heavy (non-hydrogen) atoms. The van der Waals surface area contributed by atoms with Crippen LogP contribution in [0.25, 0.3) is 0 Å². The molecule has 1 aromatic rings. The predicted octanol–water partition coefficient (Wildman–Crippen LogP) is 2.44. The maximum absolute atomic E-state index is 11.3. The monoisotopic (exact) mass is 247 g/mol. The fourth-order valence-electron chi connectivity index (χ4n) is 1.55. The number of nitriles is 1. The van der Waals surface area contributed by atoms with Crippen LogP contribution in [0.3, 0.4) is 0 Å². The van der Waals surface area contributed by atoms with Crippen LogP contribution >= 0.6 is 11.8 Å². The third kappa shape index (κ3) is 2.71. The molecule has 0 saturated carbocycles. The van der Waals surface area contributed by atoms with Gasteiger partial charge in [-0.05, 0) is 32.0 Å². The molecule has 0 aliphatic carbocycles. The first-order chi connectivity index (χ1) is 8.00. The molecule has 0 fully saturated rings. The molecule has 1 aliphatic heterocycles. The van der Waals surface area contributed by atoms with Crippen LogP contribution in [0.2, 0.25) is 0 Å². The van der Waals surface area contributed by atoms with Gasteiger partial charge in [-0.3, -0.25) is 4.79 Å². The van der Waals surface area contributed by atoms with Gasteiger partial charge < -0.3 is 10.6 Å². The number of nitrogens with zero attached hydrogens (tertiary/aromatic N) is 1. The number of thioether (sulfide) groups is 1. The third-order valence-electron chi connectivity index (χ3n) is 2.35. The second-order valence-corrected chi connectivity index (χ2v) is 5.43. The summed E-state index contributed by atoms with van der Waals surface area (Å²) in [7, 11) is 0. The number of nitrogens with one attached hydrogen (secondary N) is 2. The van der Waals surface area contributed by atoms with Crippen molar-refractivity contribution in [1.82, 2.24) is 0 Å². The van der Waals surface area contributed by atoms with Gasteiger partial charge in [0.2, 0.25) is 5.91 Å². The number of amides is 1. The first-order valence-corrected chi connectivity index (χ1v) is 6.25. The van der Waals surface area contributed by atoms with E-state index in [4.69, 9.17) is 5.26 Å². The van der Waals surface area contributed by atoms with Crippen molar-refractivity contribution >= 4 is 29.0 Å². The fourth-order valence-corrected chi connectivity index (χ4v) is 2.34. The predicted molar refractivity (Wildman–Crippen MR) is 69.1 cm³/mol. The summed E-state index contributed by atoms with van der Waals surface area (Å²) in [5.41, 5.74) is 1.02. The lowest BCUT2D eigenvalue weighted by molar-refractivity contribution is -0.113. The topological polar surface area (TPSA) is 64.9 Å². The van der Waals surface area contributed by atoms with E-state index in [0.717, 1.165) is 16.3 Å². The maximum atomic E-state index is 11.3. The van der Waals surface area contributed by atoms with Crippen LogP contribution in [0, 0.1) is 11.3 Å². The van der Waals surface area contributed by atoms with Gasteiger partial charge in [-0.2, -0.15) is 5.26 Å². The van der Waals surface area contributed by atoms with E-state index in [-0.39, 0.29) is 5.91 Å². The standard InChI is InChI=1S/C12H13N3OS/c1-12(2,7-13)15-8-3-4-10-9(5-8)14-11(16)6-17-10/h3-5,15H,6H2,1-2H3,(H,14,16). The highest BCUT2D eigenvalue weighted by Gasteiger charge is 2.19. The zero-order chi connectivity index (χ0) is 12.5. The van der Waals surface area contributed by atoms with Crippen molar-refractivity contribution in [2.24, 2.45) is 0 Å². The summed E-state index contributed by atoms with van der Waals surface area (Å²) >= 11 is 1.52. The van der Waals surface area contributed by atoms with E-state index in [1.807, 2.05) is 18.2 Å². The lowest BCUT2D eigenvalue weighted by Gasteiger charge is -2.22. The molecule has 2 N–H and O–H groups in total. The first kappa shape index (κ1) is 11.8. The summed E-state index contributed by atoms with van der Waals surface area (Å²) in [4.78, 5) is 12.3. The van der Waals surface area contributed by atoms with Gasteiger partial charge in [0.15, 0.2) is 0 Å². The highest BCUT2D eigenvalue weighted by Crippen LogP contribution is 2.33. The average Bonchev–Trinajstić information content (AvgIpc) is 2.28. The van der Waals surface area contributed by atoms with Gasteiger partial charge in [0.05, 0.1) is 17.5 Å². The summed E-state index contributed by atoms with van der Waals surface area (Å²) in [6.45, 7) is 3.61. The first-order valence-electron chi connectivity index (χ1n) is 5.26. The number of benzene rings is 1. The molecule has 0 saturated heterocycles. The molecular weight excluding hydrogens is 234 g/mol. The molecule has 0 spiro atoms. The molecule has 0 bridgehead atoms. The Morgan fingerprint density at radius 2 is 2.29 bits per heavy atom. The summed E-state index contributed by atoms with van der Waals surface area (Å²) in [5, 5.41) is 14.9. The van der Waals surface area contributed by atoms with Gasteiger partial charge in [0.1, 0.15) is 5.54 Å². The quantitative estimate of drug-likeness (QED) is 0.842. The van der Waals surface area contributed by atoms with Gasteiger partial charge in [0, 0.05) is 10.6 Å². The summed E-state index contributed by atoms with van der Waals surface area (Å²) in [5.74, 6) is 0.475. The van der Waals surface area contributed by atoms with Crippen molar-refractivity contribution in [1.29, 1.82) is 5.26 Å². The third-order valence-corrected chi connectivity index (χ3v) is 3.42. The van der Waals surface area contributed by atoms with Crippen molar-refractivity contribution in [2.45, 2.75) is 24.3 Å². The van der Waals surface area contributed by atoms with E-state index in [0.29, 0.717) is 5.75 Å². The van der Waals surface area contributed by atoms with Crippen LogP contribution in [-0.2, 0) is 4.79 Å². The molecule has 0 radical (unpaired) electrons. The summed E-state index contributed by atoms with van der Waals surface area (Å²) in [6, 6.07) is 7.91. The Hall–Kier alpha value is -1.67. The van der Waals surface area contributed by atoms with Crippen molar-refractivity contribution in [2.75, 3.05) is 16.4 Å². The van der Waals surface area contributed by atoms with Crippen LogP contribution in [0.15, 0.2) is 23.1 Å². The van der Waals surface area contributed by atoms with Gasteiger partial charge in [0.25, 0.3) is 0 Å². The molecule has 0 aromatic heterocycles. The molecule has 1 aliphatic rings. The molecule has 1 aromatic carbocycles. The molecule has 0 atom stereocenters. The number of carbonyl (C=O) groups excluding carboxylic acids is 1. The zero-order valence-electron chi connectivity index (χ0n) is 9.70. The maximum Gasteiger partial charge on any atom is 0.234 e. The van der Waals surface area contributed by atoms with Crippen LogP contribution in [0.1, 0.15) is 13.8 Å². The van der Waals surface area contributed by atoms with Crippen LogP contribution in [0.5, 0.6) is 0 Å². The average molecular weight is 247 g/mol. The van der Waals surface area contributed by atoms with Crippen molar-refractivity contribution in [3.05, 3.63) is 18.2 Å². The zero-order valence-corrected chi connectivity index (χ0v) is 10.5. The molecule has 2 rings (SSSR count). The summed E-state index contributed by atoms with van der Waals surface area (Å²) in [6.07, 6.45) is 0.